The number of carbonyl (C=O) groups excluding carboxylic acids is 1. The molecule has 2 aromatic carbocycles. The minimum absolute atomic E-state index is 0.0928. The van der Waals surface area contributed by atoms with Gasteiger partial charge in [0.25, 0.3) is 5.91 Å². The minimum Gasteiger partial charge on any atom is -0.458 e. The summed E-state index contributed by atoms with van der Waals surface area (Å²) in [6.45, 7) is 2.84. The van der Waals surface area contributed by atoms with Crippen LogP contribution < -0.4 is 5.32 Å². The van der Waals surface area contributed by atoms with Crippen LogP contribution in [0.5, 0.6) is 0 Å². The van der Waals surface area contributed by atoms with E-state index in [1.807, 2.05) is 31.2 Å². The number of hydrogen-bond donors (Lipinski definition) is 2. The van der Waals surface area contributed by atoms with Gasteiger partial charge in [-0.3, -0.25) is 4.79 Å². The van der Waals surface area contributed by atoms with Crippen molar-refractivity contribution in [2.24, 2.45) is 0 Å². The first-order valence-corrected chi connectivity index (χ1v) is 11.4. The van der Waals surface area contributed by atoms with Gasteiger partial charge in [0.15, 0.2) is 5.82 Å². The highest BCUT2D eigenvalue weighted by Gasteiger charge is 2.27. The molecule has 0 spiro atoms. The van der Waals surface area contributed by atoms with Crippen LogP contribution >= 0.6 is 0 Å². The van der Waals surface area contributed by atoms with Crippen LogP contribution in [0.4, 0.5) is 4.39 Å². The summed E-state index contributed by atoms with van der Waals surface area (Å²) in [4.78, 5) is 22.3. The SMILES string of the molecule is CCN(C(=O)c1nc2ccc(F)cc2[nH]1)[C@@H]1C=C(NCc2oc3ccccc3c2C#N)CCC1. The zero-order valence-electron chi connectivity index (χ0n) is 18.8. The van der Waals surface area contributed by atoms with Crippen LogP contribution in [0.2, 0.25) is 0 Å². The van der Waals surface area contributed by atoms with Crippen LogP contribution in [-0.4, -0.2) is 33.4 Å². The molecule has 4 aromatic rings. The maximum Gasteiger partial charge on any atom is 0.290 e. The normalized spacial score (nSPS) is 15.8. The van der Waals surface area contributed by atoms with E-state index in [-0.39, 0.29) is 23.6 Å². The maximum absolute atomic E-state index is 13.5. The van der Waals surface area contributed by atoms with Gasteiger partial charge >= 0.3 is 0 Å². The summed E-state index contributed by atoms with van der Waals surface area (Å²) >= 11 is 0. The third-order valence-corrected chi connectivity index (χ3v) is 6.24. The van der Waals surface area contributed by atoms with E-state index in [2.05, 4.69) is 27.4 Å². The third-order valence-electron chi connectivity index (χ3n) is 6.24. The van der Waals surface area contributed by atoms with Gasteiger partial charge in [0.1, 0.15) is 28.8 Å². The topological polar surface area (TPSA) is 97.9 Å². The predicted molar refractivity (Wildman–Crippen MR) is 126 cm³/mol. The number of fused-ring (bicyclic) bond motifs is 2. The molecule has 1 atom stereocenters. The fourth-order valence-electron chi connectivity index (χ4n) is 4.58. The third kappa shape index (κ3) is 4.01. The van der Waals surface area contributed by atoms with Crippen molar-refractivity contribution in [2.45, 2.75) is 38.8 Å². The second-order valence-corrected chi connectivity index (χ2v) is 8.35. The Hall–Kier alpha value is -4.12. The van der Waals surface area contributed by atoms with E-state index < -0.39 is 0 Å². The molecule has 2 aromatic heterocycles. The molecule has 7 nitrogen and oxygen atoms in total. The molecule has 0 radical (unpaired) electrons. The number of allylic oxidation sites excluding steroid dienone is 1. The Morgan fingerprint density at radius 1 is 1.35 bits per heavy atom. The number of imidazole rings is 1. The average Bonchev–Trinajstić information content (AvgIpc) is 3.44. The molecule has 5 rings (SSSR count). The molecule has 172 valence electrons. The largest absolute Gasteiger partial charge is 0.458 e. The van der Waals surface area contributed by atoms with Gasteiger partial charge in [0.05, 0.1) is 23.6 Å². The van der Waals surface area contributed by atoms with Crippen LogP contribution in [0.3, 0.4) is 0 Å². The Balaban J connectivity index is 1.34. The Kier molecular flexibility index (Phi) is 5.76. The molecule has 1 amide bonds. The quantitative estimate of drug-likeness (QED) is 0.424. The number of likely N-dealkylation sites (N-methyl/N-ethyl adjacent to an activating group) is 1. The number of nitriles is 1. The lowest BCUT2D eigenvalue weighted by Gasteiger charge is -2.31. The summed E-state index contributed by atoms with van der Waals surface area (Å²) in [7, 11) is 0. The summed E-state index contributed by atoms with van der Waals surface area (Å²) in [6.07, 6.45) is 4.69. The number of aromatic nitrogens is 2. The second kappa shape index (κ2) is 9.02. The standard InChI is InChI=1S/C26H24FN5O2/c1-2-32(26(33)25-30-21-11-10-16(27)12-22(21)31-25)18-7-5-6-17(13-18)29-15-24-20(14-28)19-8-3-4-9-23(19)34-24/h3-4,8-13,18,29H,2,5-7,15H2,1H3,(H,30,31)/t18-/m0/s1. The van der Waals surface area contributed by atoms with E-state index in [0.717, 1.165) is 30.3 Å². The van der Waals surface area contributed by atoms with Gasteiger partial charge in [0.2, 0.25) is 0 Å². The minimum atomic E-state index is -0.377. The first-order valence-electron chi connectivity index (χ1n) is 11.4. The molecule has 2 heterocycles. The average molecular weight is 458 g/mol. The van der Waals surface area contributed by atoms with E-state index in [1.165, 1.54) is 12.1 Å². The fourth-order valence-corrected chi connectivity index (χ4v) is 4.58. The van der Waals surface area contributed by atoms with Crippen molar-refractivity contribution < 1.29 is 13.6 Å². The lowest BCUT2D eigenvalue weighted by atomic mass is 9.98. The molecule has 0 saturated carbocycles. The highest BCUT2D eigenvalue weighted by atomic mass is 19.1. The van der Waals surface area contributed by atoms with Crippen LogP contribution in [0.15, 0.2) is 58.7 Å². The van der Waals surface area contributed by atoms with E-state index >= 15 is 0 Å². The first-order chi connectivity index (χ1) is 16.6. The van der Waals surface area contributed by atoms with Gasteiger partial charge in [-0.2, -0.15) is 5.26 Å². The Morgan fingerprint density at radius 3 is 3.03 bits per heavy atom. The fraction of sp³-hybridized carbons (Fsp3) is 0.269. The van der Waals surface area contributed by atoms with E-state index in [9.17, 15) is 14.4 Å². The molecular weight excluding hydrogens is 433 g/mol. The van der Waals surface area contributed by atoms with Crippen LogP contribution in [0, 0.1) is 17.1 Å². The lowest BCUT2D eigenvalue weighted by molar-refractivity contribution is 0.0700. The van der Waals surface area contributed by atoms with Crippen molar-refractivity contribution in [1.29, 1.82) is 5.26 Å². The summed E-state index contributed by atoms with van der Waals surface area (Å²) in [5.74, 6) is 0.213. The monoisotopic (exact) mass is 457 g/mol. The van der Waals surface area contributed by atoms with Gasteiger partial charge < -0.3 is 19.6 Å². The number of furan rings is 1. The molecule has 34 heavy (non-hydrogen) atoms. The van der Waals surface area contributed by atoms with Gasteiger partial charge in [-0.25, -0.2) is 9.37 Å². The van der Waals surface area contributed by atoms with Crippen molar-refractivity contribution in [2.75, 3.05) is 6.54 Å². The number of halogens is 1. The number of rotatable bonds is 6. The van der Waals surface area contributed by atoms with Crippen LogP contribution in [-0.2, 0) is 6.54 Å². The molecule has 0 unspecified atom stereocenters. The van der Waals surface area contributed by atoms with Crippen molar-refractivity contribution in [1.82, 2.24) is 20.2 Å². The van der Waals surface area contributed by atoms with Crippen LogP contribution in [0.1, 0.15) is 48.1 Å². The Morgan fingerprint density at radius 2 is 2.21 bits per heavy atom. The zero-order chi connectivity index (χ0) is 23.7. The number of nitrogens with zero attached hydrogens (tertiary/aromatic N) is 3. The summed E-state index contributed by atoms with van der Waals surface area (Å²) in [5, 5.41) is 13.8. The van der Waals surface area contributed by atoms with Gasteiger partial charge in [-0.05, 0) is 62.6 Å². The molecule has 0 aliphatic heterocycles. The van der Waals surface area contributed by atoms with E-state index in [1.54, 1.807) is 11.0 Å². The number of amides is 1. The van der Waals surface area contributed by atoms with Gasteiger partial charge in [-0.15, -0.1) is 0 Å². The summed E-state index contributed by atoms with van der Waals surface area (Å²) in [5.41, 5.74) is 3.31. The first kappa shape index (κ1) is 21.7. The van der Waals surface area contributed by atoms with E-state index in [0.29, 0.717) is 41.0 Å². The number of para-hydroxylation sites is 1. The maximum atomic E-state index is 13.5. The molecule has 0 bridgehead atoms. The van der Waals surface area contributed by atoms with Crippen molar-refractivity contribution in [3.8, 4) is 6.07 Å². The Bertz CT molecular complexity index is 1440. The number of aromatic amines is 1. The summed E-state index contributed by atoms with van der Waals surface area (Å²) < 4.78 is 19.4. The number of benzene rings is 2. The molecule has 0 saturated heterocycles. The number of nitrogens with one attached hydrogen (secondary N) is 2. The number of H-pyrrole nitrogens is 1. The highest BCUT2D eigenvalue weighted by molar-refractivity contribution is 5.94. The molecule has 1 aliphatic rings. The van der Waals surface area contributed by atoms with Crippen molar-refractivity contribution in [3.05, 3.63) is 77.2 Å². The zero-order valence-corrected chi connectivity index (χ0v) is 18.8. The molecule has 8 heteroatoms. The predicted octanol–water partition coefficient (Wildman–Crippen LogP) is 5.01. The molecule has 1 aliphatic carbocycles. The highest BCUT2D eigenvalue weighted by Crippen LogP contribution is 2.27. The number of carbonyl (C=O) groups is 1. The van der Waals surface area contributed by atoms with Gasteiger partial charge in [0, 0.05) is 17.6 Å². The number of hydrogen-bond acceptors (Lipinski definition) is 5. The van der Waals surface area contributed by atoms with Crippen LogP contribution in [0.25, 0.3) is 22.0 Å². The smallest absolute Gasteiger partial charge is 0.290 e. The van der Waals surface area contributed by atoms with E-state index in [4.69, 9.17) is 4.42 Å². The van der Waals surface area contributed by atoms with Crippen molar-refractivity contribution in [3.63, 3.8) is 0 Å². The Labute approximate surface area is 195 Å². The molecule has 2 N–H and O–H groups in total. The molecule has 0 fully saturated rings. The van der Waals surface area contributed by atoms with Crippen molar-refractivity contribution >= 4 is 27.9 Å². The lowest BCUT2D eigenvalue weighted by Crippen LogP contribution is -2.41. The second-order valence-electron chi connectivity index (χ2n) is 8.35. The molecular formula is C26H24FN5O2. The summed E-state index contributed by atoms with van der Waals surface area (Å²) in [6, 6.07) is 13.9. The van der Waals surface area contributed by atoms with Gasteiger partial charge in [-0.1, -0.05) is 12.1 Å².